The molecule has 5 rings (SSSR count). The molecular formula is C25H26F2N6O5. The van der Waals surface area contributed by atoms with Gasteiger partial charge in [0.25, 0.3) is 5.91 Å². The van der Waals surface area contributed by atoms with Crippen molar-refractivity contribution < 1.29 is 28.2 Å². The standard InChI is InChI=1S/C25H26F2N6O5/c26-15-30-7-9-31(10-8-30)18-12-19(32-6-1-11-38-25(32)37)22-29-20(21(34)24(36)33(22)14-18)23(35)28-13-16-2-4-17(27)5-3-16/h2-5,12,14,34H,1,6-11,13,15H2,(H,28,35). The van der Waals surface area contributed by atoms with Crippen LogP contribution in [-0.2, 0) is 11.3 Å². The maximum absolute atomic E-state index is 13.3. The second-order valence-corrected chi connectivity index (χ2v) is 9.04. The molecule has 0 atom stereocenters. The Balaban J connectivity index is 1.55. The van der Waals surface area contributed by atoms with Gasteiger partial charge in [-0.25, -0.2) is 18.6 Å². The number of halogens is 2. The highest BCUT2D eigenvalue weighted by Crippen LogP contribution is 2.30. The van der Waals surface area contributed by atoms with Gasteiger partial charge in [0.2, 0.25) is 5.75 Å². The number of benzene rings is 1. The Morgan fingerprint density at radius 3 is 2.53 bits per heavy atom. The van der Waals surface area contributed by atoms with E-state index in [9.17, 15) is 28.3 Å². The fraction of sp³-hybridized carbons (Fsp3) is 0.360. The van der Waals surface area contributed by atoms with Gasteiger partial charge in [-0.2, -0.15) is 0 Å². The number of amides is 2. The lowest BCUT2D eigenvalue weighted by molar-refractivity contribution is 0.0942. The van der Waals surface area contributed by atoms with E-state index in [1.54, 1.807) is 11.0 Å². The molecule has 2 N–H and O–H groups in total. The van der Waals surface area contributed by atoms with Gasteiger partial charge in [0.05, 0.1) is 18.0 Å². The molecule has 1 aromatic carbocycles. The van der Waals surface area contributed by atoms with Crippen LogP contribution in [0.3, 0.4) is 0 Å². The largest absolute Gasteiger partial charge is 0.501 e. The molecule has 0 radical (unpaired) electrons. The Hall–Kier alpha value is -4.26. The van der Waals surface area contributed by atoms with E-state index < -0.39 is 41.6 Å². The third-order valence-corrected chi connectivity index (χ3v) is 6.62. The number of carbonyl (C=O) groups excluding carboxylic acids is 2. The van der Waals surface area contributed by atoms with E-state index in [4.69, 9.17) is 4.74 Å². The average molecular weight is 529 g/mol. The van der Waals surface area contributed by atoms with Crippen LogP contribution in [0.15, 0.2) is 41.3 Å². The summed E-state index contributed by atoms with van der Waals surface area (Å²) in [5.41, 5.74) is 0.00702. The van der Waals surface area contributed by atoms with Gasteiger partial charge in [0.1, 0.15) is 12.6 Å². The maximum Gasteiger partial charge on any atom is 0.414 e. The summed E-state index contributed by atoms with van der Waals surface area (Å²) >= 11 is 0. The summed E-state index contributed by atoms with van der Waals surface area (Å²) in [7, 11) is 0. The van der Waals surface area contributed by atoms with Crippen LogP contribution >= 0.6 is 0 Å². The zero-order valence-electron chi connectivity index (χ0n) is 20.4. The van der Waals surface area contributed by atoms with Crippen LogP contribution in [0.4, 0.5) is 25.0 Å². The van der Waals surface area contributed by atoms with Gasteiger partial charge < -0.3 is 20.1 Å². The SMILES string of the molecule is O=C(NCc1ccc(F)cc1)c1nc2c(N3CCCOC3=O)cc(N3CCN(CF)CC3)cn2c(=O)c1O. The minimum absolute atomic E-state index is 0.00864. The minimum atomic E-state index is -0.891. The van der Waals surface area contributed by atoms with Crippen molar-refractivity contribution in [1.29, 1.82) is 0 Å². The van der Waals surface area contributed by atoms with Gasteiger partial charge in [0.15, 0.2) is 11.3 Å². The zero-order valence-corrected chi connectivity index (χ0v) is 20.4. The van der Waals surface area contributed by atoms with Crippen molar-refractivity contribution in [3.05, 3.63) is 64.0 Å². The average Bonchev–Trinajstić information content (AvgIpc) is 2.94. The molecule has 0 saturated carbocycles. The number of alkyl halides is 1. The number of pyridine rings is 1. The topological polar surface area (TPSA) is 120 Å². The Kier molecular flexibility index (Phi) is 7.09. The molecule has 2 aliphatic rings. The number of ether oxygens (including phenoxy) is 1. The van der Waals surface area contributed by atoms with Gasteiger partial charge in [-0.15, -0.1) is 0 Å². The van der Waals surface area contributed by atoms with Crippen LogP contribution in [0.1, 0.15) is 22.5 Å². The molecule has 3 aromatic rings. The lowest BCUT2D eigenvalue weighted by atomic mass is 10.2. The summed E-state index contributed by atoms with van der Waals surface area (Å²) < 4.78 is 32.5. The second kappa shape index (κ2) is 10.6. The quantitative estimate of drug-likeness (QED) is 0.466. The van der Waals surface area contributed by atoms with Gasteiger partial charge in [-0.05, 0) is 30.2 Å². The molecule has 4 heterocycles. The smallest absolute Gasteiger partial charge is 0.414 e. The summed E-state index contributed by atoms with van der Waals surface area (Å²) in [5, 5.41) is 13.2. The number of nitrogens with zero attached hydrogens (tertiary/aromatic N) is 5. The highest BCUT2D eigenvalue weighted by Gasteiger charge is 2.29. The minimum Gasteiger partial charge on any atom is -0.501 e. The van der Waals surface area contributed by atoms with Crippen LogP contribution in [0.2, 0.25) is 0 Å². The number of carbonyl (C=O) groups is 2. The predicted molar refractivity (Wildman–Crippen MR) is 134 cm³/mol. The fourth-order valence-corrected chi connectivity index (χ4v) is 4.49. The van der Waals surface area contributed by atoms with E-state index in [1.807, 2.05) is 4.90 Å². The van der Waals surface area contributed by atoms with Crippen molar-refractivity contribution >= 4 is 29.0 Å². The fourth-order valence-electron chi connectivity index (χ4n) is 4.49. The number of aromatic nitrogens is 2. The molecule has 200 valence electrons. The van der Waals surface area contributed by atoms with E-state index in [2.05, 4.69) is 10.3 Å². The van der Waals surface area contributed by atoms with Crippen LogP contribution < -0.4 is 20.7 Å². The summed E-state index contributed by atoms with van der Waals surface area (Å²) in [6.07, 6.45) is 1.40. The zero-order chi connectivity index (χ0) is 26.8. The molecule has 2 amide bonds. The van der Waals surface area contributed by atoms with Crippen LogP contribution in [0.25, 0.3) is 5.65 Å². The number of piperazine rings is 1. The lowest BCUT2D eigenvalue weighted by Crippen LogP contribution is -2.46. The first-order chi connectivity index (χ1) is 18.4. The number of hydrogen-bond acceptors (Lipinski definition) is 8. The number of hydrogen-bond donors (Lipinski definition) is 2. The second-order valence-electron chi connectivity index (χ2n) is 9.04. The van der Waals surface area contributed by atoms with Gasteiger partial charge >= 0.3 is 11.7 Å². The molecule has 13 heteroatoms. The van der Waals surface area contributed by atoms with E-state index in [1.165, 1.54) is 35.4 Å². The Bertz CT molecular complexity index is 1420. The highest BCUT2D eigenvalue weighted by atomic mass is 19.1. The molecule has 2 aromatic heterocycles. The monoisotopic (exact) mass is 528 g/mol. The maximum atomic E-state index is 13.3. The van der Waals surface area contributed by atoms with Crippen molar-refractivity contribution in [1.82, 2.24) is 19.6 Å². The molecule has 2 saturated heterocycles. The number of fused-ring (bicyclic) bond motifs is 1. The number of aromatic hydroxyl groups is 1. The molecule has 2 aliphatic heterocycles. The van der Waals surface area contributed by atoms with Crippen LogP contribution in [0, 0.1) is 5.82 Å². The molecule has 0 unspecified atom stereocenters. The van der Waals surface area contributed by atoms with Gasteiger partial charge in [-0.3, -0.25) is 23.8 Å². The summed E-state index contributed by atoms with van der Waals surface area (Å²) in [6.45, 7) is 1.92. The van der Waals surface area contributed by atoms with Gasteiger partial charge in [-0.1, -0.05) is 12.1 Å². The van der Waals surface area contributed by atoms with Crippen molar-refractivity contribution in [2.45, 2.75) is 13.0 Å². The molecule has 0 aliphatic carbocycles. The predicted octanol–water partition coefficient (Wildman–Crippen LogP) is 1.86. The summed E-state index contributed by atoms with van der Waals surface area (Å²) in [4.78, 5) is 48.0. The number of cyclic esters (lactones) is 1. The molecular weight excluding hydrogens is 502 g/mol. The van der Waals surface area contributed by atoms with E-state index in [0.717, 1.165) is 4.40 Å². The van der Waals surface area contributed by atoms with E-state index in [0.29, 0.717) is 50.4 Å². The number of anilines is 2. The van der Waals surface area contributed by atoms with Crippen molar-refractivity contribution in [2.75, 3.05) is 55.9 Å². The van der Waals surface area contributed by atoms with E-state index >= 15 is 0 Å². The third kappa shape index (κ3) is 4.96. The van der Waals surface area contributed by atoms with Crippen LogP contribution in [-0.4, -0.2) is 77.5 Å². The van der Waals surface area contributed by atoms with Gasteiger partial charge in [0, 0.05) is 45.5 Å². The first kappa shape index (κ1) is 25.4. The molecule has 0 bridgehead atoms. The van der Waals surface area contributed by atoms with Crippen LogP contribution in [0.5, 0.6) is 5.75 Å². The first-order valence-corrected chi connectivity index (χ1v) is 12.2. The van der Waals surface area contributed by atoms with E-state index in [-0.39, 0.29) is 24.5 Å². The lowest BCUT2D eigenvalue weighted by Gasteiger charge is -2.35. The van der Waals surface area contributed by atoms with Crippen molar-refractivity contribution in [3.63, 3.8) is 0 Å². The molecule has 0 spiro atoms. The van der Waals surface area contributed by atoms with Crippen molar-refractivity contribution in [2.24, 2.45) is 0 Å². The summed E-state index contributed by atoms with van der Waals surface area (Å²) in [6, 6.07) is 7.16. The molecule has 11 nitrogen and oxygen atoms in total. The summed E-state index contributed by atoms with van der Waals surface area (Å²) in [5.74, 6) is -2.09. The normalized spacial score (nSPS) is 16.5. The Morgan fingerprint density at radius 1 is 1.11 bits per heavy atom. The molecule has 2 fully saturated rings. The highest BCUT2D eigenvalue weighted by molar-refractivity contribution is 5.97. The molecule has 38 heavy (non-hydrogen) atoms. The first-order valence-electron chi connectivity index (χ1n) is 12.2. The third-order valence-electron chi connectivity index (χ3n) is 6.62. The Morgan fingerprint density at radius 2 is 1.84 bits per heavy atom. The van der Waals surface area contributed by atoms with Crippen molar-refractivity contribution in [3.8, 4) is 5.75 Å². The number of nitrogens with one attached hydrogen (secondary N) is 1. The number of rotatable bonds is 6. The Labute approximate surface area is 215 Å².